The number of aliphatic hydroxyl groups is 1. The van der Waals surface area contributed by atoms with Gasteiger partial charge in [-0.3, -0.25) is 0 Å². The predicted octanol–water partition coefficient (Wildman–Crippen LogP) is 6.52. The lowest BCUT2D eigenvalue weighted by Crippen LogP contribution is -2.53. The molecular weight excluding hydrogens is 578 g/mol. The van der Waals surface area contributed by atoms with Gasteiger partial charge in [-0.05, 0) is 29.7 Å². The highest BCUT2D eigenvalue weighted by Crippen LogP contribution is 2.70. The third-order valence-electron chi connectivity index (χ3n) is 8.47. The van der Waals surface area contributed by atoms with E-state index in [4.69, 9.17) is 21.1 Å². The van der Waals surface area contributed by atoms with Crippen molar-refractivity contribution in [3.05, 3.63) is 87.0 Å². The van der Waals surface area contributed by atoms with Crippen molar-refractivity contribution >= 4 is 27.5 Å². The van der Waals surface area contributed by atoms with Crippen LogP contribution in [-0.4, -0.2) is 47.7 Å². The van der Waals surface area contributed by atoms with Gasteiger partial charge in [0.05, 0.1) is 12.7 Å². The number of hydrogen-bond donors (Lipinski definition) is 1. The number of rotatable bonds is 5. The zero-order valence-corrected chi connectivity index (χ0v) is 23.2. The lowest BCUT2D eigenvalue weighted by molar-refractivity contribution is -0.135. The predicted molar refractivity (Wildman–Crippen MR) is 144 cm³/mol. The Morgan fingerprint density at radius 3 is 2.47 bits per heavy atom. The van der Waals surface area contributed by atoms with Crippen LogP contribution in [0, 0.1) is 5.92 Å². The van der Waals surface area contributed by atoms with E-state index in [0.29, 0.717) is 24.3 Å². The zero-order valence-electron chi connectivity index (χ0n) is 20.8. The van der Waals surface area contributed by atoms with Crippen LogP contribution >= 0.6 is 27.5 Å². The molecule has 2 aliphatic heterocycles. The molecular formula is C29H28BrClF2N2O3. The first-order valence-corrected chi connectivity index (χ1v) is 13.9. The van der Waals surface area contributed by atoms with Crippen LogP contribution in [0.1, 0.15) is 41.9 Å². The summed E-state index contributed by atoms with van der Waals surface area (Å²) in [6.07, 6.45) is 0.200. The maximum absolute atomic E-state index is 14.0. The van der Waals surface area contributed by atoms with E-state index in [1.807, 2.05) is 59.5 Å². The summed E-state index contributed by atoms with van der Waals surface area (Å²) in [5.41, 5.74) is -0.509. The Hall–Kier alpha value is -2.26. The molecule has 0 radical (unpaired) electrons. The molecule has 9 heteroatoms. The molecule has 4 atom stereocenters. The van der Waals surface area contributed by atoms with E-state index >= 15 is 0 Å². The summed E-state index contributed by atoms with van der Waals surface area (Å²) in [5.74, 6) is -2.63. The molecule has 0 bridgehead atoms. The Balaban J connectivity index is 1.56. The number of methoxy groups -OCH3 is 1. The van der Waals surface area contributed by atoms with Gasteiger partial charge < -0.3 is 19.5 Å². The molecule has 5 nitrogen and oxygen atoms in total. The van der Waals surface area contributed by atoms with Crippen molar-refractivity contribution in [3.63, 3.8) is 0 Å². The quantitative estimate of drug-likeness (QED) is 0.336. The average molecular weight is 606 g/mol. The smallest absolute Gasteiger partial charge is 0.250 e. The third-order valence-corrected chi connectivity index (χ3v) is 9.20. The number of piperidine rings is 1. The molecule has 3 heterocycles. The van der Waals surface area contributed by atoms with Crippen molar-refractivity contribution in [1.29, 1.82) is 0 Å². The van der Waals surface area contributed by atoms with Gasteiger partial charge in [0.2, 0.25) is 5.88 Å². The highest BCUT2D eigenvalue weighted by molar-refractivity contribution is 9.10. The van der Waals surface area contributed by atoms with Crippen LogP contribution in [0.3, 0.4) is 0 Å². The highest BCUT2D eigenvalue weighted by atomic mass is 79.9. The standard InChI is InChI=1S/C29H28BrClF2N2O3/c1-37-26-25-23(16-24(31)34-26)38-29(19-7-9-21(30)10-8-19)22(18-5-3-2-4-6-18)15-20(28(25,29)36)17-35-13-11-27(32,33)12-14-35/h2-10,16,20,22,36H,11-15,17H2,1H3. The molecule has 38 heavy (non-hydrogen) atoms. The zero-order chi connectivity index (χ0) is 26.7. The van der Waals surface area contributed by atoms with Gasteiger partial charge in [0.25, 0.3) is 5.92 Å². The van der Waals surface area contributed by atoms with Crippen LogP contribution in [0.5, 0.6) is 11.6 Å². The molecule has 2 aromatic carbocycles. The first kappa shape index (κ1) is 26.0. The minimum absolute atomic E-state index is 0.189. The number of alkyl halides is 2. The minimum Gasteiger partial charge on any atom is -0.481 e. The van der Waals surface area contributed by atoms with E-state index in [0.717, 1.165) is 15.6 Å². The van der Waals surface area contributed by atoms with Gasteiger partial charge in [-0.2, -0.15) is 0 Å². The van der Waals surface area contributed by atoms with Crippen LogP contribution < -0.4 is 9.47 Å². The fraction of sp³-hybridized carbons (Fsp3) is 0.414. The molecule has 3 aromatic rings. The number of pyridine rings is 1. The van der Waals surface area contributed by atoms with E-state index in [-0.39, 0.29) is 48.8 Å². The van der Waals surface area contributed by atoms with Crippen molar-refractivity contribution in [2.75, 3.05) is 26.7 Å². The number of fused-ring (bicyclic) bond motifs is 3. The Morgan fingerprint density at radius 2 is 1.82 bits per heavy atom. The fourth-order valence-corrected chi connectivity index (χ4v) is 7.21. The lowest BCUT2D eigenvalue weighted by atomic mass is 9.70. The summed E-state index contributed by atoms with van der Waals surface area (Å²) in [5, 5.41) is 13.3. The average Bonchev–Trinajstić information content (AvgIpc) is 3.30. The molecule has 3 aliphatic rings. The SMILES string of the molecule is COc1nc(Cl)cc2c1C1(O)C(CN3CCC(F)(F)CC3)CC(c3ccccc3)C1(c1ccc(Br)cc1)O2. The van der Waals surface area contributed by atoms with Crippen molar-refractivity contribution < 1.29 is 23.4 Å². The number of benzene rings is 2. The summed E-state index contributed by atoms with van der Waals surface area (Å²) >= 11 is 9.88. The Kier molecular flexibility index (Phi) is 6.45. The number of ether oxygens (including phenoxy) is 2. The van der Waals surface area contributed by atoms with E-state index in [1.54, 1.807) is 6.07 Å². The second-order valence-corrected chi connectivity index (χ2v) is 11.8. The van der Waals surface area contributed by atoms with E-state index in [1.165, 1.54) is 7.11 Å². The molecule has 1 aliphatic carbocycles. The van der Waals surface area contributed by atoms with Crippen molar-refractivity contribution in [1.82, 2.24) is 9.88 Å². The number of nitrogens with zero attached hydrogens (tertiary/aromatic N) is 2. The summed E-state index contributed by atoms with van der Waals surface area (Å²) in [6.45, 7) is 0.970. The molecule has 2 fully saturated rings. The normalized spacial score (nSPS) is 29.9. The first-order chi connectivity index (χ1) is 18.2. The topological polar surface area (TPSA) is 54.8 Å². The van der Waals surface area contributed by atoms with Crippen LogP contribution in [0.4, 0.5) is 8.78 Å². The van der Waals surface area contributed by atoms with Gasteiger partial charge in [0, 0.05) is 54.9 Å². The first-order valence-electron chi connectivity index (χ1n) is 12.8. The fourth-order valence-electron chi connectivity index (χ4n) is 6.77. The van der Waals surface area contributed by atoms with Crippen molar-refractivity contribution in [2.45, 2.75) is 42.3 Å². The monoisotopic (exact) mass is 604 g/mol. The molecule has 200 valence electrons. The Labute approximate surface area is 233 Å². The van der Waals surface area contributed by atoms with E-state index in [9.17, 15) is 13.9 Å². The molecule has 1 aromatic heterocycles. The second-order valence-electron chi connectivity index (χ2n) is 10.5. The summed E-state index contributed by atoms with van der Waals surface area (Å²) in [6, 6.07) is 19.4. The molecule has 1 saturated heterocycles. The number of halogens is 4. The third kappa shape index (κ3) is 3.95. The molecule has 0 amide bonds. The number of aromatic nitrogens is 1. The molecule has 1 N–H and O–H groups in total. The highest BCUT2D eigenvalue weighted by Gasteiger charge is 2.73. The van der Waals surface area contributed by atoms with Crippen LogP contribution in [-0.2, 0) is 11.2 Å². The Bertz CT molecular complexity index is 1340. The van der Waals surface area contributed by atoms with Gasteiger partial charge >= 0.3 is 0 Å². The summed E-state index contributed by atoms with van der Waals surface area (Å²) in [4.78, 5) is 6.42. The van der Waals surface area contributed by atoms with Crippen molar-refractivity contribution in [3.8, 4) is 11.6 Å². The number of hydrogen-bond acceptors (Lipinski definition) is 5. The largest absolute Gasteiger partial charge is 0.481 e. The summed E-state index contributed by atoms with van der Waals surface area (Å²) in [7, 11) is 1.49. The van der Waals surface area contributed by atoms with Crippen LogP contribution in [0.25, 0.3) is 0 Å². The van der Waals surface area contributed by atoms with Crippen molar-refractivity contribution in [2.24, 2.45) is 5.92 Å². The van der Waals surface area contributed by atoms with E-state index < -0.39 is 17.1 Å². The second kappa shape index (κ2) is 9.44. The summed E-state index contributed by atoms with van der Waals surface area (Å²) < 4.78 is 41.4. The van der Waals surface area contributed by atoms with E-state index in [2.05, 4.69) is 20.9 Å². The maximum Gasteiger partial charge on any atom is 0.250 e. The van der Waals surface area contributed by atoms with Gasteiger partial charge in [0.1, 0.15) is 16.5 Å². The Morgan fingerprint density at radius 1 is 1.13 bits per heavy atom. The van der Waals surface area contributed by atoms with Crippen LogP contribution in [0.15, 0.2) is 65.1 Å². The van der Waals surface area contributed by atoms with Crippen LogP contribution in [0.2, 0.25) is 5.15 Å². The maximum atomic E-state index is 14.0. The minimum atomic E-state index is -2.65. The molecule has 4 unspecified atom stereocenters. The lowest BCUT2D eigenvalue weighted by Gasteiger charge is -2.43. The molecule has 1 saturated carbocycles. The molecule has 0 spiro atoms. The van der Waals surface area contributed by atoms with Gasteiger partial charge in [0.15, 0.2) is 5.60 Å². The number of likely N-dealkylation sites (tertiary alicyclic amines) is 1. The molecule has 6 rings (SSSR count). The van der Waals surface area contributed by atoms with Gasteiger partial charge in [-0.15, -0.1) is 0 Å². The van der Waals surface area contributed by atoms with Gasteiger partial charge in [-0.25, -0.2) is 13.8 Å². The van der Waals surface area contributed by atoms with Gasteiger partial charge in [-0.1, -0.05) is 70.0 Å².